The molecule has 0 fully saturated rings. The first-order valence-electron chi connectivity index (χ1n) is 14.3. The first-order valence-corrected chi connectivity index (χ1v) is 14.3. The summed E-state index contributed by atoms with van der Waals surface area (Å²) >= 11 is 0. The van der Waals surface area contributed by atoms with Crippen molar-refractivity contribution in [1.82, 2.24) is 0 Å². The van der Waals surface area contributed by atoms with Gasteiger partial charge in [-0.3, -0.25) is 9.59 Å². The van der Waals surface area contributed by atoms with Gasteiger partial charge in [0.1, 0.15) is 36.2 Å². The highest BCUT2D eigenvalue weighted by Crippen LogP contribution is 2.24. The molecule has 4 aromatic carbocycles. The fourth-order valence-electron chi connectivity index (χ4n) is 4.26. The Morgan fingerprint density at radius 1 is 0.565 bits per heavy atom. The lowest BCUT2D eigenvalue weighted by Gasteiger charge is -2.11. The number of terminal acetylenes is 2. The van der Waals surface area contributed by atoms with Gasteiger partial charge < -0.3 is 29.2 Å². The molecule has 0 aliphatic rings. The van der Waals surface area contributed by atoms with Crippen LogP contribution in [-0.4, -0.2) is 36.4 Å². The Balaban J connectivity index is 0.000000250. The molecular weight excluding hydrogens is 584 g/mol. The summed E-state index contributed by atoms with van der Waals surface area (Å²) in [5.41, 5.74) is 3.66. The monoisotopic (exact) mass is 620 g/mol. The van der Waals surface area contributed by atoms with E-state index in [4.69, 9.17) is 42.0 Å². The van der Waals surface area contributed by atoms with Gasteiger partial charge in [0.25, 0.3) is 0 Å². The first kappa shape index (κ1) is 34.6. The van der Waals surface area contributed by atoms with Crippen LogP contribution in [0.1, 0.15) is 46.9 Å². The standard InChI is InChI=1S/2C19H18O4/c2*1-3-15(12-19(20)21)16-6-10-18(11-7-16)23-13-14-4-8-17(22-2)9-5-14/h2*1,4-11,15H,12-13H2,2H3,(H,20,21)/t2*15-/m10/s1. The summed E-state index contributed by atoms with van der Waals surface area (Å²) in [5.74, 6) is 5.35. The van der Waals surface area contributed by atoms with E-state index < -0.39 is 23.8 Å². The summed E-state index contributed by atoms with van der Waals surface area (Å²) in [6.45, 7) is 0.883. The summed E-state index contributed by atoms with van der Waals surface area (Å²) in [7, 11) is 3.25. The molecule has 0 radical (unpaired) electrons. The molecule has 0 spiro atoms. The van der Waals surface area contributed by atoms with Crippen molar-refractivity contribution in [2.45, 2.75) is 37.9 Å². The molecule has 46 heavy (non-hydrogen) atoms. The molecule has 0 bridgehead atoms. The molecule has 8 heteroatoms. The lowest BCUT2D eigenvalue weighted by Crippen LogP contribution is -2.04. The third kappa shape index (κ3) is 11.3. The van der Waals surface area contributed by atoms with Crippen LogP contribution in [0.5, 0.6) is 23.0 Å². The summed E-state index contributed by atoms with van der Waals surface area (Å²) < 4.78 is 21.6. The fourth-order valence-corrected chi connectivity index (χ4v) is 4.26. The van der Waals surface area contributed by atoms with E-state index >= 15 is 0 Å². The molecule has 0 aromatic heterocycles. The van der Waals surface area contributed by atoms with Crippen molar-refractivity contribution in [2.24, 2.45) is 0 Å². The Labute approximate surface area is 269 Å². The highest BCUT2D eigenvalue weighted by Gasteiger charge is 2.14. The molecule has 0 unspecified atom stereocenters. The maximum absolute atomic E-state index is 10.8. The lowest BCUT2D eigenvalue weighted by atomic mass is 9.97. The second kappa shape index (κ2) is 18.1. The van der Waals surface area contributed by atoms with Gasteiger partial charge in [0.15, 0.2) is 0 Å². The number of hydrogen-bond acceptors (Lipinski definition) is 6. The molecule has 0 amide bonds. The molecule has 0 saturated carbocycles. The van der Waals surface area contributed by atoms with Gasteiger partial charge in [0, 0.05) is 0 Å². The van der Waals surface area contributed by atoms with Crippen LogP contribution in [0.15, 0.2) is 97.1 Å². The second-order valence-corrected chi connectivity index (χ2v) is 10.0. The second-order valence-electron chi connectivity index (χ2n) is 10.0. The summed E-state index contributed by atoms with van der Waals surface area (Å²) in [6, 6.07) is 29.7. The molecule has 2 atom stereocenters. The number of hydrogen-bond donors (Lipinski definition) is 2. The van der Waals surface area contributed by atoms with Crippen molar-refractivity contribution < 1.29 is 38.7 Å². The van der Waals surface area contributed by atoms with Crippen LogP contribution in [0.3, 0.4) is 0 Å². The van der Waals surface area contributed by atoms with E-state index in [1.165, 1.54) is 0 Å². The third-order valence-corrected chi connectivity index (χ3v) is 6.85. The minimum atomic E-state index is -0.909. The quantitative estimate of drug-likeness (QED) is 0.146. The smallest absolute Gasteiger partial charge is 0.304 e. The minimum absolute atomic E-state index is 0.0808. The number of ether oxygens (including phenoxy) is 4. The minimum Gasteiger partial charge on any atom is -0.497 e. The molecular formula is C38H36O8. The van der Waals surface area contributed by atoms with Crippen LogP contribution in [0, 0.1) is 24.7 Å². The average molecular weight is 621 g/mol. The van der Waals surface area contributed by atoms with E-state index in [0.29, 0.717) is 24.7 Å². The Bertz CT molecular complexity index is 1490. The molecule has 8 nitrogen and oxygen atoms in total. The Morgan fingerprint density at radius 3 is 1.13 bits per heavy atom. The van der Waals surface area contributed by atoms with E-state index in [9.17, 15) is 9.59 Å². The Kier molecular flexibility index (Phi) is 13.6. The molecule has 4 rings (SSSR count). The van der Waals surface area contributed by atoms with Gasteiger partial charge in [-0.15, -0.1) is 12.8 Å². The highest BCUT2D eigenvalue weighted by atomic mass is 16.5. The zero-order chi connectivity index (χ0) is 33.3. The molecule has 2 N–H and O–H groups in total. The van der Waals surface area contributed by atoms with Crippen LogP contribution in [0.25, 0.3) is 0 Å². The van der Waals surface area contributed by atoms with E-state index in [1.807, 2.05) is 48.5 Å². The Hall–Kier alpha value is -5.86. The molecule has 4 aromatic rings. The van der Waals surface area contributed by atoms with Gasteiger partial charge in [-0.05, 0) is 70.8 Å². The fraction of sp³-hybridized carbons (Fsp3) is 0.211. The van der Waals surface area contributed by atoms with Gasteiger partial charge in [-0.2, -0.15) is 0 Å². The van der Waals surface area contributed by atoms with Crippen molar-refractivity contribution in [3.05, 3.63) is 119 Å². The largest absolute Gasteiger partial charge is 0.497 e. The van der Waals surface area contributed by atoms with Gasteiger partial charge >= 0.3 is 11.9 Å². The number of carbonyl (C=O) groups is 2. The molecule has 236 valence electrons. The number of rotatable bonds is 14. The van der Waals surface area contributed by atoms with Crippen molar-refractivity contribution in [3.63, 3.8) is 0 Å². The van der Waals surface area contributed by atoms with Gasteiger partial charge in [-0.25, -0.2) is 0 Å². The lowest BCUT2D eigenvalue weighted by molar-refractivity contribution is -0.138. The number of carboxylic acid groups (broad SMARTS) is 2. The highest BCUT2D eigenvalue weighted by molar-refractivity contribution is 5.69. The predicted molar refractivity (Wildman–Crippen MR) is 175 cm³/mol. The van der Waals surface area contributed by atoms with E-state index in [2.05, 4.69) is 11.8 Å². The number of carboxylic acids is 2. The SMILES string of the molecule is C#C[C@@H](CC(=O)O)c1ccc(OCc2ccc(OC)cc2)cc1.C#C[C@H](CC(=O)O)c1ccc(OCc2ccc(OC)cc2)cc1. The van der Waals surface area contributed by atoms with Crippen molar-refractivity contribution in [3.8, 4) is 47.7 Å². The number of methoxy groups -OCH3 is 2. The first-order chi connectivity index (χ1) is 22.2. The van der Waals surface area contributed by atoms with Crippen molar-refractivity contribution in [2.75, 3.05) is 14.2 Å². The van der Waals surface area contributed by atoms with E-state index in [1.54, 1.807) is 62.8 Å². The molecule has 0 saturated heterocycles. The van der Waals surface area contributed by atoms with E-state index in [-0.39, 0.29) is 12.8 Å². The summed E-state index contributed by atoms with van der Waals surface area (Å²) in [5, 5.41) is 17.7. The molecule has 0 heterocycles. The van der Waals surface area contributed by atoms with Gasteiger partial charge in [0.05, 0.1) is 38.9 Å². The van der Waals surface area contributed by atoms with Gasteiger partial charge in [0.2, 0.25) is 0 Å². The topological polar surface area (TPSA) is 112 Å². The van der Waals surface area contributed by atoms with Crippen LogP contribution in [0.2, 0.25) is 0 Å². The zero-order valence-electron chi connectivity index (χ0n) is 25.7. The predicted octanol–water partition coefficient (Wildman–Crippen LogP) is 6.93. The molecule has 0 aliphatic heterocycles. The maximum Gasteiger partial charge on any atom is 0.304 e. The van der Waals surface area contributed by atoms with Crippen LogP contribution in [-0.2, 0) is 22.8 Å². The van der Waals surface area contributed by atoms with Crippen LogP contribution >= 0.6 is 0 Å². The summed E-state index contributed by atoms with van der Waals surface area (Å²) in [4.78, 5) is 21.6. The average Bonchev–Trinajstić information content (AvgIpc) is 3.09. The van der Waals surface area contributed by atoms with Crippen molar-refractivity contribution >= 4 is 11.9 Å². The van der Waals surface area contributed by atoms with Crippen molar-refractivity contribution in [1.29, 1.82) is 0 Å². The normalized spacial score (nSPS) is 11.3. The number of benzene rings is 4. The van der Waals surface area contributed by atoms with Gasteiger partial charge in [-0.1, -0.05) is 60.4 Å². The zero-order valence-corrected chi connectivity index (χ0v) is 25.7. The Morgan fingerprint density at radius 2 is 0.870 bits per heavy atom. The number of aliphatic carboxylic acids is 2. The van der Waals surface area contributed by atoms with E-state index in [0.717, 1.165) is 33.8 Å². The molecule has 0 aliphatic carbocycles. The van der Waals surface area contributed by atoms with Crippen LogP contribution in [0.4, 0.5) is 0 Å². The maximum atomic E-state index is 10.8. The summed E-state index contributed by atoms with van der Waals surface area (Å²) in [6.07, 6.45) is 10.6. The van der Waals surface area contributed by atoms with Crippen LogP contribution < -0.4 is 18.9 Å². The third-order valence-electron chi connectivity index (χ3n) is 6.85.